The minimum atomic E-state index is -1.17. The summed E-state index contributed by atoms with van der Waals surface area (Å²) in [6, 6.07) is 13.8. The second kappa shape index (κ2) is 12.5. The van der Waals surface area contributed by atoms with Crippen LogP contribution in [0.25, 0.3) is 10.8 Å². The lowest BCUT2D eigenvalue weighted by molar-refractivity contribution is -0.179. The Morgan fingerprint density at radius 1 is 0.865 bits per heavy atom. The van der Waals surface area contributed by atoms with E-state index in [0.29, 0.717) is 37.5 Å². The van der Waals surface area contributed by atoms with Gasteiger partial charge in [-0.1, -0.05) is 81.7 Å². The normalized spacial score (nSPS) is 40.9. The number of hydrogen-bond donors (Lipinski definition) is 2. The summed E-state index contributed by atoms with van der Waals surface area (Å²) < 4.78 is 12.1. The maximum atomic E-state index is 14.9. The zero-order valence-corrected chi connectivity index (χ0v) is 31.2. The number of nitrogens with zero attached hydrogens (tertiary/aromatic N) is 1. The number of ketones is 1. The van der Waals surface area contributed by atoms with Crippen molar-refractivity contribution in [1.29, 1.82) is 0 Å². The summed E-state index contributed by atoms with van der Waals surface area (Å²) in [4.78, 5) is 30.8. The van der Waals surface area contributed by atoms with E-state index in [9.17, 15) is 19.8 Å². The molecule has 2 N–H and O–H groups in total. The van der Waals surface area contributed by atoms with Crippen molar-refractivity contribution in [3.05, 3.63) is 66.3 Å². The largest absolute Gasteiger partial charge is 0.415 e. The fourth-order valence-corrected chi connectivity index (χ4v) is 13.2. The van der Waals surface area contributed by atoms with Crippen molar-refractivity contribution in [3.8, 4) is 5.75 Å². The molecular weight excluding hydrogens is 650 g/mol. The molecule has 2 aromatic rings. The van der Waals surface area contributed by atoms with Crippen LogP contribution >= 0.6 is 0 Å². The Hall–Kier alpha value is -3.00. The molecule has 1 unspecified atom stereocenters. The molecule has 10 rings (SSSR count). The molecule has 1 aliphatic heterocycles. The highest BCUT2D eigenvalue weighted by Gasteiger charge is 2.74. The van der Waals surface area contributed by atoms with Gasteiger partial charge in [-0.2, -0.15) is 0 Å². The van der Waals surface area contributed by atoms with Crippen molar-refractivity contribution in [2.45, 2.75) is 122 Å². The Balaban J connectivity index is 1.06. The number of aliphatic hydroxyl groups excluding tert-OH is 1. The molecule has 1 heterocycles. The van der Waals surface area contributed by atoms with E-state index in [1.165, 1.54) is 6.42 Å². The van der Waals surface area contributed by atoms with E-state index >= 15 is 0 Å². The summed E-state index contributed by atoms with van der Waals surface area (Å²) in [5.74, 6) is 1.20. The highest BCUT2D eigenvalue weighted by atomic mass is 16.6. The first-order chi connectivity index (χ1) is 25.0. The monoisotopic (exact) mass is 707 g/mol. The predicted octanol–water partition coefficient (Wildman–Crippen LogP) is 8.56. The first-order valence-corrected chi connectivity index (χ1v) is 20.5. The van der Waals surface area contributed by atoms with Gasteiger partial charge in [0.15, 0.2) is 5.78 Å². The number of fused-ring (bicyclic) bond motifs is 2. The van der Waals surface area contributed by atoms with E-state index in [4.69, 9.17) is 9.47 Å². The van der Waals surface area contributed by atoms with Gasteiger partial charge in [0, 0.05) is 34.3 Å². The number of rotatable bonds is 7. The Morgan fingerprint density at radius 2 is 1.62 bits per heavy atom. The van der Waals surface area contributed by atoms with E-state index in [1.807, 2.05) is 42.5 Å². The van der Waals surface area contributed by atoms with Crippen LogP contribution in [0.15, 0.2) is 66.3 Å². The summed E-state index contributed by atoms with van der Waals surface area (Å²) in [5.41, 5.74) is -1.54. The summed E-state index contributed by atoms with van der Waals surface area (Å²) in [6.45, 7) is 5.92. The molecule has 1 amide bonds. The minimum absolute atomic E-state index is 0.0548. The number of benzene rings is 2. The van der Waals surface area contributed by atoms with Crippen molar-refractivity contribution >= 4 is 22.6 Å². The van der Waals surface area contributed by atoms with Crippen LogP contribution < -0.4 is 4.74 Å². The number of allylic oxidation sites excluding steroid dienone is 4. The maximum Gasteiger partial charge on any atom is 0.415 e. The van der Waals surface area contributed by atoms with Gasteiger partial charge >= 0.3 is 6.09 Å². The minimum Gasteiger partial charge on any atom is -0.410 e. The number of Topliss-reactive ketones (excluding diaryl/α,β-unsaturated/α-hetero) is 1. The molecule has 9 atom stereocenters. The van der Waals surface area contributed by atoms with Crippen LogP contribution in [-0.2, 0) is 9.53 Å². The molecule has 2 bridgehead atoms. The van der Waals surface area contributed by atoms with E-state index in [2.05, 4.69) is 32.1 Å². The van der Waals surface area contributed by atoms with Crippen LogP contribution in [0.5, 0.6) is 5.75 Å². The number of hydrogen-bond acceptors (Lipinski definition) is 6. The summed E-state index contributed by atoms with van der Waals surface area (Å²) in [6.07, 6.45) is 18.9. The van der Waals surface area contributed by atoms with Gasteiger partial charge in [0.05, 0.1) is 30.9 Å². The number of carbonyl (C=O) groups is 2. The smallest absolute Gasteiger partial charge is 0.410 e. The number of amides is 1. The molecule has 2 aromatic carbocycles. The molecule has 1 saturated heterocycles. The molecule has 8 aliphatic rings. The topological polar surface area (TPSA) is 96.3 Å². The van der Waals surface area contributed by atoms with Gasteiger partial charge in [-0.3, -0.25) is 4.79 Å². The Kier molecular flexibility index (Phi) is 8.37. The van der Waals surface area contributed by atoms with Gasteiger partial charge in [0.2, 0.25) is 0 Å². The van der Waals surface area contributed by atoms with Crippen molar-refractivity contribution < 1.29 is 29.3 Å². The van der Waals surface area contributed by atoms with E-state index < -0.39 is 22.5 Å². The highest BCUT2D eigenvalue weighted by Crippen LogP contribution is 2.78. The third-order valence-corrected chi connectivity index (χ3v) is 16.0. The van der Waals surface area contributed by atoms with Gasteiger partial charge < -0.3 is 24.6 Å². The second-order valence-corrected chi connectivity index (χ2v) is 18.4. The SMILES string of the molecule is C[C@]12CC[C@H]3[C@]4(C=C[C@@]5(C=C4C(=O)C4CCCCC4)CC(O)CC[C@]35C)[C@@H]1CC[C@@]2(O)CN(C[C@H]1CCCO1)C(=O)Oc1ccc2ccccc2c1. The molecule has 7 heteroatoms. The average molecular weight is 708 g/mol. The standard InChI is InChI=1S/C45H57NO6/c1-41-19-16-33(47)26-43(41)22-23-45(36(27-43)39(48)31-10-4-3-5-11-31)37(41)17-20-42(2)38(45)18-21-44(42,50)29-46(28-35-13-8-24-51-35)40(49)52-34-15-14-30-9-6-7-12-32(30)25-34/h6-7,9,12,14-15,22-23,25,27,31,33,35,37-38,47,50H,3-5,8,10-11,13,16-21,24,26,28-29H2,1-2H3/t33?,35-,37-,38-,41-,42+,43+,44-,45-/m1/s1. The van der Waals surface area contributed by atoms with Crippen LogP contribution in [0.3, 0.4) is 0 Å². The van der Waals surface area contributed by atoms with Crippen LogP contribution in [0.2, 0.25) is 0 Å². The Bertz CT molecular complexity index is 1810. The number of ether oxygens (including phenoxy) is 2. The fraction of sp³-hybridized carbons (Fsp3) is 0.644. The lowest BCUT2D eigenvalue weighted by atomic mass is 9.32. The molecule has 278 valence electrons. The molecule has 0 radical (unpaired) electrons. The van der Waals surface area contributed by atoms with Gasteiger partial charge in [0.1, 0.15) is 5.75 Å². The van der Waals surface area contributed by atoms with E-state index in [0.717, 1.165) is 87.0 Å². The van der Waals surface area contributed by atoms with Crippen molar-refractivity contribution in [2.75, 3.05) is 19.7 Å². The van der Waals surface area contributed by atoms with Crippen LogP contribution in [-0.4, -0.2) is 64.5 Å². The Labute approximate surface area is 308 Å². The lowest BCUT2D eigenvalue weighted by Gasteiger charge is -2.71. The third-order valence-electron chi connectivity index (χ3n) is 16.0. The molecule has 5 fully saturated rings. The fourth-order valence-electron chi connectivity index (χ4n) is 13.2. The quantitative estimate of drug-likeness (QED) is 0.280. The lowest BCUT2D eigenvalue weighted by Crippen LogP contribution is -2.67. The molecule has 4 saturated carbocycles. The maximum absolute atomic E-state index is 14.9. The zero-order chi connectivity index (χ0) is 35.9. The summed E-state index contributed by atoms with van der Waals surface area (Å²) in [5, 5.41) is 26.2. The van der Waals surface area contributed by atoms with Crippen LogP contribution in [0.4, 0.5) is 4.79 Å². The molecule has 52 heavy (non-hydrogen) atoms. The zero-order valence-electron chi connectivity index (χ0n) is 31.2. The van der Waals surface area contributed by atoms with Gasteiger partial charge in [-0.25, -0.2) is 4.79 Å². The van der Waals surface area contributed by atoms with Crippen molar-refractivity contribution in [1.82, 2.24) is 4.90 Å². The van der Waals surface area contributed by atoms with Gasteiger partial charge in [-0.05, 0) is 111 Å². The second-order valence-electron chi connectivity index (χ2n) is 18.4. The predicted molar refractivity (Wildman–Crippen MR) is 201 cm³/mol. The van der Waals surface area contributed by atoms with Crippen LogP contribution in [0, 0.1) is 39.4 Å². The Morgan fingerprint density at radius 3 is 2.40 bits per heavy atom. The molecule has 0 aromatic heterocycles. The first kappa shape index (κ1) is 34.7. The van der Waals surface area contributed by atoms with Crippen molar-refractivity contribution in [2.24, 2.45) is 39.4 Å². The molecule has 7 aliphatic carbocycles. The first-order valence-electron chi connectivity index (χ1n) is 20.5. The third kappa shape index (κ3) is 5.07. The molecule has 7 nitrogen and oxygen atoms in total. The number of aliphatic hydroxyl groups is 2. The van der Waals surface area contributed by atoms with Crippen molar-refractivity contribution in [3.63, 3.8) is 0 Å². The highest BCUT2D eigenvalue weighted by molar-refractivity contribution is 6.00. The molecule has 2 spiro atoms. The molecular formula is C45H57NO6. The van der Waals surface area contributed by atoms with Gasteiger partial charge in [-0.15, -0.1) is 0 Å². The summed E-state index contributed by atoms with van der Waals surface area (Å²) in [7, 11) is 0. The summed E-state index contributed by atoms with van der Waals surface area (Å²) >= 11 is 0. The van der Waals surface area contributed by atoms with Crippen LogP contribution in [0.1, 0.15) is 104 Å². The van der Waals surface area contributed by atoms with Gasteiger partial charge in [0.25, 0.3) is 0 Å². The van der Waals surface area contributed by atoms with E-state index in [1.54, 1.807) is 4.90 Å². The number of carbonyl (C=O) groups excluding carboxylic acids is 2. The van der Waals surface area contributed by atoms with E-state index in [-0.39, 0.29) is 47.3 Å². The average Bonchev–Trinajstić information content (AvgIpc) is 3.76.